The van der Waals surface area contributed by atoms with Gasteiger partial charge in [-0.15, -0.1) is 0 Å². The molecule has 1 saturated carbocycles. The highest BCUT2D eigenvalue weighted by Gasteiger charge is 2.36. The van der Waals surface area contributed by atoms with Crippen molar-refractivity contribution in [1.82, 2.24) is 15.3 Å². The largest absolute Gasteiger partial charge is 0.351 e. The second-order valence-electron chi connectivity index (χ2n) is 6.91. The van der Waals surface area contributed by atoms with E-state index >= 15 is 0 Å². The molecule has 0 radical (unpaired) electrons. The summed E-state index contributed by atoms with van der Waals surface area (Å²) in [5.74, 6) is -0.793. The van der Waals surface area contributed by atoms with Gasteiger partial charge < -0.3 is 5.32 Å². The van der Waals surface area contributed by atoms with Gasteiger partial charge in [-0.3, -0.25) is 14.8 Å². The first kappa shape index (κ1) is 16.6. The first-order valence-electron chi connectivity index (χ1n) is 8.92. The van der Waals surface area contributed by atoms with Crippen LogP contribution in [0.1, 0.15) is 41.6 Å². The van der Waals surface area contributed by atoms with Gasteiger partial charge in [0.25, 0.3) is 5.91 Å². The number of aromatic nitrogens is 2. The quantitative estimate of drug-likeness (QED) is 0.774. The Bertz CT molecular complexity index is 936. The number of nitrogens with zero attached hydrogens (tertiary/aromatic N) is 2. The molecule has 1 fully saturated rings. The molecule has 4 nitrogen and oxygen atoms in total. The molecule has 1 aliphatic rings. The molecular weight excluding hydrogens is 329 g/mol. The average Bonchev–Trinajstić information content (AvgIpc) is 3.16. The average molecular weight is 349 g/mol. The number of fused-ring (bicyclic) bond motifs is 1. The van der Waals surface area contributed by atoms with Gasteiger partial charge in [-0.25, -0.2) is 4.39 Å². The van der Waals surface area contributed by atoms with Crippen molar-refractivity contribution in [1.29, 1.82) is 0 Å². The normalized spacial score (nSPS) is 15.9. The van der Waals surface area contributed by atoms with Gasteiger partial charge >= 0.3 is 0 Å². The van der Waals surface area contributed by atoms with Crippen LogP contribution in [0.25, 0.3) is 11.0 Å². The molecule has 1 amide bonds. The van der Waals surface area contributed by atoms with E-state index in [2.05, 4.69) is 27.4 Å². The lowest BCUT2D eigenvalue weighted by molar-refractivity contribution is 0.0944. The zero-order chi connectivity index (χ0) is 18.0. The molecular formula is C21H20FN3O. The van der Waals surface area contributed by atoms with Crippen LogP contribution < -0.4 is 5.32 Å². The molecule has 0 unspecified atom stereocenters. The van der Waals surface area contributed by atoms with Crippen LogP contribution in [0.4, 0.5) is 4.39 Å². The summed E-state index contributed by atoms with van der Waals surface area (Å²) in [5.41, 5.74) is 2.24. The molecule has 0 saturated heterocycles. The van der Waals surface area contributed by atoms with Crippen molar-refractivity contribution >= 4 is 16.9 Å². The molecule has 132 valence electrons. The first-order valence-corrected chi connectivity index (χ1v) is 8.92. The van der Waals surface area contributed by atoms with Crippen LogP contribution in [0.3, 0.4) is 0 Å². The van der Waals surface area contributed by atoms with E-state index in [1.54, 1.807) is 0 Å². The molecule has 5 heteroatoms. The van der Waals surface area contributed by atoms with Crippen molar-refractivity contribution in [3.05, 3.63) is 71.8 Å². The van der Waals surface area contributed by atoms with Crippen LogP contribution in [0.15, 0.2) is 54.9 Å². The zero-order valence-electron chi connectivity index (χ0n) is 14.4. The fourth-order valence-corrected chi connectivity index (χ4v) is 3.97. The number of hydrogen-bond acceptors (Lipinski definition) is 3. The van der Waals surface area contributed by atoms with E-state index in [0.717, 1.165) is 25.7 Å². The van der Waals surface area contributed by atoms with Gasteiger partial charge in [-0.05, 0) is 24.5 Å². The van der Waals surface area contributed by atoms with Gasteiger partial charge in [0.15, 0.2) is 0 Å². The van der Waals surface area contributed by atoms with Gasteiger partial charge in [-0.1, -0.05) is 43.2 Å². The second-order valence-corrected chi connectivity index (χ2v) is 6.91. The summed E-state index contributed by atoms with van der Waals surface area (Å²) in [6, 6.07) is 12.8. The maximum Gasteiger partial charge on any atom is 0.253 e. The molecule has 1 aliphatic carbocycles. The molecule has 1 heterocycles. The summed E-state index contributed by atoms with van der Waals surface area (Å²) < 4.78 is 13.9. The Morgan fingerprint density at radius 1 is 1.08 bits per heavy atom. The van der Waals surface area contributed by atoms with Crippen LogP contribution in [0.5, 0.6) is 0 Å². The topological polar surface area (TPSA) is 54.9 Å². The third-order valence-electron chi connectivity index (χ3n) is 5.32. The zero-order valence-corrected chi connectivity index (χ0v) is 14.4. The minimum atomic E-state index is -0.484. The third kappa shape index (κ3) is 3.05. The highest BCUT2D eigenvalue weighted by molar-refractivity contribution is 6.04. The molecule has 0 atom stereocenters. The number of benzene rings is 2. The van der Waals surface area contributed by atoms with Crippen molar-refractivity contribution in [3.63, 3.8) is 0 Å². The lowest BCUT2D eigenvalue weighted by atomic mass is 9.79. The molecule has 3 aromatic rings. The smallest absolute Gasteiger partial charge is 0.253 e. The third-order valence-corrected chi connectivity index (χ3v) is 5.32. The molecule has 26 heavy (non-hydrogen) atoms. The van der Waals surface area contributed by atoms with Crippen molar-refractivity contribution in [2.45, 2.75) is 31.1 Å². The lowest BCUT2D eigenvalue weighted by Gasteiger charge is -2.30. The summed E-state index contributed by atoms with van der Waals surface area (Å²) in [4.78, 5) is 21.1. The molecule has 2 aromatic carbocycles. The number of halogens is 1. The number of carbonyl (C=O) groups is 1. The SMILES string of the molecule is O=C(NCC1(c2ccccc2)CCCC1)c1cc(F)cc2nccnc12. The van der Waals surface area contributed by atoms with Gasteiger partial charge in [0.2, 0.25) is 0 Å². The fraction of sp³-hybridized carbons (Fsp3) is 0.286. The van der Waals surface area contributed by atoms with Gasteiger partial charge in [0.05, 0.1) is 11.1 Å². The predicted molar refractivity (Wildman–Crippen MR) is 98.4 cm³/mol. The summed E-state index contributed by atoms with van der Waals surface area (Å²) in [5, 5.41) is 3.03. The monoisotopic (exact) mass is 349 g/mol. The lowest BCUT2D eigenvalue weighted by Crippen LogP contribution is -2.39. The van der Waals surface area contributed by atoms with Crippen molar-refractivity contribution in [3.8, 4) is 0 Å². The minimum absolute atomic E-state index is 0.0499. The van der Waals surface area contributed by atoms with Crippen LogP contribution in [-0.2, 0) is 5.41 Å². The summed E-state index contributed by atoms with van der Waals surface area (Å²) >= 11 is 0. The Balaban J connectivity index is 1.61. The molecule has 0 aliphatic heterocycles. The Morgan fingerprint density at radius 3 is 2.58 bits per heavy atom. The summed E-state index contributed by atoms with van der Waals surface area (Å²) in [6.45, 7) is 0.536. The number of hydrogen-bond donors (Lipinski definition) is 1. The van der Waals surface area contributed by atoms with Crippen molar-refractivity contribution in [2.75, 3.05) is 6.54 Å². The summed E-state index contributed by atoms with van der Waals surface area (Å²) in [7, 11) is 0. The minimum Gasteiger partial charge on any atom is -0.351 e. The predicted octanol–water partition coefficient (Wildman–Crippen LogP) is 4.01. The number of rotatable bonds is 4. The van der Waals surface area contributed by atoms with E-state index in [-0.39, 0.29) is 16.9 Å². The van der Waals surface area contributed by atoms with E-state index in [1.807, 2.05) is 18.2 Å². The van der Waals surface area contributed by atoms with E-state index in [4.69, 9.17) is 0 Å². The van der Waals surface area contributed by atoms with E-state index in [0.29, 0.717) is 17.6 Å². The van der Waals surface area contributed by atoms with Crippen LogP contribution in [-0.4, -0.2) is 22.4 Å². The second kappa shape index (κ2) is 6.83. The Hall–Kier alpha value is -2.82. The van der Waals surface area contributed by atoms with Crippen LogP contribution in [0.2, 0.25) is 0 Å². The van der Waals surface area contributed by atoms with Crippen LogP contribution in [0, 0.1) is 5.82 Å². The van der Waals surface area contributed by atoms with Crippen LogP contribution >= 0.6 is 0 Å². The Morgan fingerprint density at radius 2 is 1.81 bits per heavy atom. The summed E-state index contributed by atoms with van der Waals surface area (Å²) in [6.07, 6.45) is 7.39. The highest BCUT2D eigenvalue weighted by atomic mass is 19.1. The van der Waals surface area contributed by atoms with Crippen molar-refractivity contribution in [2.24, 2.45) is 0 Å². The van der Waals surface area contributed by atoms with Gasteiger partial charge in [0.1, 0.15) is 11.3 Å². The van der Waals surface area contributed by atoms with E-state index in [9.17, 15) is 9.18 Å². The van der Waals surface area contributed by atoms with E-state index in [1.165, 1.54) is 30.1 Å². The molecule has 4 rings (SSSR count). The number of nitrogens with one attached hydrogen (secondary N) is 1. The first-order chi connectivity index (χ1) is 12.7. The molecule has 0 spiro atoms. The van der Waals surface area contributed by atoms with Crippen molar-refractivity contribution < 1.29 is 9.18 Å². The molecule has 1 N–H and O–H groups in total. The fourth-order valence-electron chi connectivity index (χ4n) is 3.97. The number of carbonyl (C=O) groups excluding carboxylic acids is 1. The van der Waals surface area contributed by atoms with Gasteiger partial charge in [0, 0.05) is 30.4 Å². The van der Waals surface area contributed by atoms with E-state index < -0.39 is 5.82 Å². The number of amides is 1. The maximum atomic E-state index is 13.9. The highest BCUT2D eigenvalue weighted by Crippen LogP contribution is 2.40. The Labute approximate surface area is 151 Å². The Kier molecular flexibility index (Phi) is 4.37. The molecule has 0 bridgehead atoms. The van der Waals surface area contributed by atoms with Gasteiger partial charge in [-0.2, -0.15) is 0 Å². The maximum absolute atomic E-state index is 13.9. The molecule has 1 aromatic heterocycles. The standard InChI is InChI=1S/C21H20FN3O/c22-16-12-17(19-18(13-16)23-10-11-24-19)20(26)25-14-21(8-4-5-9-21)15-6-2-1-3-7-15/h1-3,6-7,10-13H,4-5,8-9,14H2,(H,25,26).